The highest BCUT2D eigenvalue weighted by molar-refractivity contribution is 5.04. The molecule has 0 saturated carbocycles. The topological polar surface area (TPSA) is 18.5 Å². The fourth-order valence-corrected chi connectivity index (χ4v) is 2.96. The van der Waals surface area contributed by atoms with E-state index >= 15 is 0 Å². The van der Waals surface area contributed by atoms with Crippen molar-refractivity contribution in [3.63, 3.8) is 0 Å². The number of piperidine rings is 1. The molecule has 0 amide bonds. The molecular weight excluding hydrogens is 222 g/mol. The van der Waals surface area contributed by atoms with Gasteiger partial charge in [0.1, 0.15) is 0 Å². The lowest BCUT2D eigenvalue weighted by Crippen LogP contribution is -2.44. The molecule has 0 unspecified atom stereocenters. The second kappa shape index (κ2) is 7.93. The van der Waals surface area contributed by atoms with E-state index in [1.807, 2.05) is 0 Å². The Balaban J connectivity index is 1.68. The van der Waals surface area contributed by atoms with Crippen LogP contribution in [0.2, 0.25) is 0 Å². The fourth-order valence-electron chi connectivity index (χ4n) is 2.96. The minimum atomic E-state index is 1.16. The third-order valence-electron chi connectivity index (χ3n) is 4.24. The number of allylic oxidation sites excluding steroid dienone is 1. The molecule has 0 radical (unpaired) electrons. The van der Waals surface area contributed by atoms with Gasteiger partial charge in [-0.1, -0.05) is 18.1 Å². The van der Waals surface area contributed by atoms with Crippen LogP contribution >= 0.6 is 0 Å². The fraction of sp³-hybridized carbons (Fsp3) is 0.867. The van der Waals surface area contributed by atoms with Gasteiger partial charge in [-0.15, -0.1) is 0 Å². The van der Waals surface area contributed by atoms with E-state index < -0.39 is 0 Å². The quantitative estimate of drug-likeness (QED) is 0.751. The van der Waals surface area contributed by atoms with Crippen LogP contribution in [-0.2, 0) is 0 Å². The van der Waals surface area contributed by atoms with Crippen molar-refractivity contribution in [2.24, 2.45) is 0 Å². The maximum absolute atomic E-state index is 3.42. The Labute approximate surface area is 112 Å². The van der Waals surface area contributed by atoms with Gasteiger partial charge in [0.2, 0.25) is 0 Å². The van der Waals surface area contributed by atoms with E-state index in [1.54, 1.807) is 5.57 Å². The largest absolute Gasteiger partial charge is 0.314 e. The van der Waals surface area contributed by atoms with Crippen LogP contribution in [0.4, 0.5) is 0 Å². The summed E-state index contributed by atoms with van der Waals surface area (Å²) in [5.74, 6) is 0. The standard InChI is InChI=1S/C15H29N3/c1-2-15(14-18-12-7-16-8-13-18)6-11-17-9-4-3-5-10-17/h2,16H,3-14H2,1H3/b15-2-. The molecule has 2 saturated heterocycles. The van der Waals surface area contributed by atoms with Crippen molar-refractivity contribution in [1.29, 1.82) is 0 Å². The van der Waals surface area contributed by atoms with Crippen LogP contribution in [0.25, 0.3) is 0 Å². The lowest BCUT2D eigenvalue weighted by Gasteiger charge is -2.30. The van der Waals surface area contributed by atoms with Crippen molar-refractivity contribution in [3.8, 4) is 0 Å². The Kier molecular flexibility index (Phi) is 6.18. The minimum Gasteiger partial charge on any atom is -0.314 e. The SMILES string of the molecule is C/C=C(/CCN1CCCCC1)CN1CCNCC1. The van der Waals surface area contributed by atoms with Gasteiger partial charge < -0.3 is 10.2 Å². The number of rotatable bonds is 5. The molecule has 18 heavy (non-hydrogen) atoms. The summed E-state index contributed by atoms with van der Waals surface area (Å²) in [6.45, 7) is 12.0. The first-order valence-corrected chi connectivity index (χ1v) is 7.68. The van der Waals surface area contributed by atoms with Crippen LogP contribution in [0.3, 0.4) is 0 Å². The highest BCUT2D eigenvalue weighted by atomic mass is 15.2. The third-order valence-corrected chi connectivity index (χ3v) is 4.24. The zero-order valence-corrected chi connectivity index (χ0v) is 12.0. The summed E-state index contributed by atoms with van der Waals surface area (Å²) in [6.07, 6.45) is 7.85. The number of hydrogen-bond acceptors (Lipinski definition) is 3. The van der Waals surface area contributed by atoms with Crippen LogP contribution in [0.15, 0.2) is 11.6 Å². The van der Waals surface area contributed by atoms with E-state index in [-0.39, 0.29) is 0 Å². The van der Waals surface area contributed by atoms with Crippen LogP contribution in [0, 0.1) is 0 Å². The zero-order chi connectivity index (χ0) is 12.6. The molecule has 2 rings (SSSR count). The van der Waals surface area contributed by atoms with Crippen LogP contribution in [-0.4, -0.2) is 62.2 Å². The Bertz CT molecular complexity index is 250. The van der Waals surface area contributed by atoms with E-state index in [4.69, 9.17) is 0 Å². The molecule has 104 valence electrons. The summed E-state index contributed by atoms with van der Waals surface area (Å²) in [7, 11) is 0. The summed E-state index contributed by atoms with van der Waals surface area (Å²) in [5, 5.41) is 3.42. The number of nitrogens with one attached hydrogen (secondary N) is 1. The number of nitrogens with zero attached hydrogens (tertiary/aromatic N) is 2. The van der Waals surface area contributed by atoms with Crippen molar-refractivity contribution in [3.05, 3.63) is 11.6 Å². The molecule has 2 fully saturated rings. The number of piperazine rings is 1. The molecule has 3 nitrogen and oxygen atoms in total. The average Bonchev–Trinajstić information content (AvgIpc) is 2.45. The Morgan fingerprint density at radius 3 is 2.39 bits per heavy atom. The van der Waals surface area contributed by atoms with Gasteiger partial charge in [-0.2, -0.15) is 0 Å². The monoisotopic (exact) mass is 251 g/mol. The molecule has 2 aliphatic heterocycles. The Hall–Kier alpha value is -0.380. The average molecular weight is 251 g/mol. The molecule has 0 atom stereocenters. The van der Waals surface area contributed by atoms with Crippen molar-refractivity contribution >= 4 is 0 Å². The molecule has 1 N–H and O–H groups in total. The summed E-state index contributed by atoms with van der Waals surface area (Å²) >= 11 is 0. The van der Waals surface area contributed by atoms with Gasteiger partial charge in [0.25, 0.3) is 0 Å². The predicted octanol–water partition coefficient (Wildman–Crippen LogP) is 1.71. The predicted molar refractivity (Wildman–Crippen MR) is 78.0 cm³/mol. The minimum absolute atomic E-state index is 1.16. The molecule has 0 aromatic heterocycles. The van der Waals surface area contributed by atoms with E-state index in [9.17, 15) is 0 Å². The van der Waals surface area contributed by atoms with Crippen molar-refractivity contribution in [2.75, 3.05) is 52.4 Å². The third kappa shape index (κ3) is 4.71. The Morgan fingerprint density at radius 1 is 1.00 bits per heavy atom. The summed E-state index contributed by atoms with van der Waals surface area (Å²) in [5.41, 5.74) is 1.63. The molecule has 0 aromatic carbocycles. The Morgan fingerprint density at radius 2 is 1.72 bits per heavy atom. The van der Waals surface area contributed by atoms with Gasteiger partial charge in [0, 0.05) is 39.3 Å². The normalized spacial score (nSPS) is 24.4. The summed E-state index contributed by atoms with van der Waals surface area (Å²) in [4.78, 5) is 5.23. The molecule has 2 heterocycles. The van der Waals surface area contributed by atoms with Crippen LogP contribution < -0.4 is 5.32 Å². The van der Waals surface area contributed by atoms with Gasteiger partial charge in [-0.25, -0.2) is 0 Å². The maximum Gasteiger partial charge on any atom is 0.0194 e. The first kappa shape index (κ1) is 14.0. The van der Waals surface area contributed by atoms with Gasteiger partial charge in [-0.3, -0.25) is 4.90 Å². The molecule has 0 spiro atoms. The second-order valence-electron chi connectivity index (χ2n) is 5.63. The maximum atomic E-state index is 3.42. The van der Waals surface area contributed by atoms with Gasteiger partial charge >= 0.3 is 0 Å². The smallest absolute Gasteiger partial charge is 0.0194 e. The van der Waals surface area contributed by atoms with Crippen LogP contribution in [0.1, 0.15) is 32.6 Å². The molecular formula is C15H29N3. The van der Waals surface area contributed by atoms with Gasteiger partial charge in [0.05, 0.1) is 0 Å². The lowest BCUT2D eigenvalue weighted by atomic mass is 10.1. The van der Waals surface area contributed by atoms with Crippen LogP contribution in [0.5, 0.6) is 0 Å². The van der Waals surface area contributed by atoms with Crippen molar-refractivity contribution in [1.82, 2.24) is 15.1 Å². The number of hydrogen-bond donors (Lipinski definition) is 1. The van der Waals surface area contributed by atoms with Gasteiger partial charge in [-0.05, 0) is 39.3 Å². The van der Waals surface area contributed by atoms with Crippen molar-refractivity contribution < 1.29 is 0 Å². The first-order chi connectivity index (χ1) is 8.88. The molecule has 0 bridgehead atoms. The summed E-state index contributed by atoms with van der Waals surface area (Å²) < 4.78 is 0. The molecule has 3 heteroatoms. The van der Waals surface area contributed by atoms with E-state index in [0.717, 1.165) is 13.1 Å². The first-order valence-electron chi connectivity index (χ1n) is 7.68. The highest BCUT2D eigenvalue weighted by Gasteiger charge is 2.13. The summed E-state index contributed by atoms with van der Waals surface area (Å²) in [6, 6.07) is 0. The zero-order valence-electron chi connectivity index (χ0n) is 12.0. The van der Waals surface area contributed by atoms with Gasteiger partial charge in [0.15, 0.2) is 0 Å². The van der Waals surface area contributed by atoms with E-state index in [2.05, 4.69) is 28.1 Å². The molecule has 0 aromatic rings. The number of likely N-dealkylation sites (tertiary alicyclic amines) is 1. The van der Waals surface area contributed by atoms with E-state index in [0.29, 0.717) is 0 Å². The molecule has 2 aliphatic rings. The highest BCUT2D eigenvalue weighted by Crippen LogP contribution is 2.12. The second-order valence-corrected chi connectivity index (χ2v) is 5.63. The lowest BCUT2D eigenvalue weighted by molar-refractivity contribution is 0.224. The molecule has 0 aliphatic carbocycles. The van der Waals surface area contributed by atoms with Crippen molar-refractivity contribution in [2.45, 2.75) is 32.6 Å². The van der Waals surface area contributed by atoms with E-state index in [1.165, 1.54) is 65.0 Å².